The number of rotatable bonds is 9. The van der Waals surface area contributed by atoms with Crippen molar-refractivity contribution in [2.45, 2.75) is 78.6 Å². The third kappa shape index (κ3) is 7.49. The van der Waals surface area contributed by atoms with Gasteiger partial charge in [-0.3, -0.25) is 9.59 Å². The normalized spacial score (nSPS) is 18.2. The summed E-state index contributed by atoms with van der Waals surface area (Å²) in [6.07, 6.45) is 0.115. The molecule has 8 heteroatoms. The van der Waals surface area contributed by atoms with Crippen LogP contribution < -0.4 is 15.4 Å². The van der Waals surface area contributed by atoms with Crippen LogP contribution in [-0.2, 0) is 14.3 Å². The molecule has 0 saturated heterocycles. The highest BCUT2D eigenvalue weighted by atomic mass is 16.6. The maximum absolute atomic E-state index is 14.2. The maximum Gasteiger partial charge on any atom is 0.408 e. The second-order valence-corrected chi connectivity index (χ2v) is 11.4. The van der Waals surface area contributed by atoms with E-state index in [9.17, 15) is 14.4 Å². The number of anilines is 1. The van der Waals surface area contributed by atoms with Crippen LogP contribution >= 0.6 is 0 Å². The molecule has 0 aromatic heterocycles. The van der Waals surface area contributed by atoms with E-state index in [0.29, 0.717) is 17.0 Å². The lowest BCUT2D eigenvalue weighted by Gasteiger charge is -2.36. The van der Waals surface area contributed by atoms with Crippen LogP contribution in [-0.4, -0.2) is 47.6 Å². The fourth-order valence-corrected chi connectivity index (χ4v) is 4.44. The van der Waals surface area contributed by atoms with Gasteiger partial charge in [0.25, 0.3) is 5.91 Å². The number of hydrogen-bond acceptors (Lipinski definition) is 5. The Morgan fingerprint density at radius 3 is 2.18 bits per heavy atom. The first kappa shape index (κ1) is 29.0. The van der Waals surface area contributed by atoms with Crippen molar-refractivity contribution in [3.63, 3.8) is 0 Å². The van der Waals surface area contributed by atoms with Crippen LogP contribution in [0.2, 0.25) is 0 Å². The molecule has 0 bridgehead atoms. The highest BCUT2D eigenvalue weighted by Gasteiger charge is 2.48. The van der Waals surface area contributed by atoms with Crippen LogP contribution in [0.1, 0.15) is 65.1 Å². The summed E-state index contributed by atoms with van der Waals surface area (Å²) in [6.45, 7) is 13.1. The summed E-state index contributed by atoms with van der Waals surface area (Å²) in [7, 11) is 1.58. The molecule has 3 amide bonds. The van der Waals surface area contributed by atoms with Crippen molar-refractivity contribution in [1.82, 2.24) is 10.2 Å². The molecule has 2 aromatic rings. The smallest absolute Gasteiger partial charge is 0.408 e. The highest BCUT2D eigenvalue weighted by molar-refractivity contribution is 5.99. The molecule has 1 fully saturated rings. The lowest BCUT2D eigenvalue weighted by atomic mass is 9.97. The van der Waals surface area contributed by atoms with Gasteiger partial charge < -0.3 is 25.0 Å². The van der Waals surface area contributed by atoms with E-state index in [1.807, 2.05) is 45.0 Å². The first-order valence-electron chi connectivity index (χ1n) is 13.1. The molecule has 1 saturated carbocycles. The Morgan fingerprint density at radius 2 is 1.68 bits per heavy atom. The van der Waals surface area contributed by atoms with Gasteiger partial charge in [0.05, 0.1) is 7.11 Å². The molecule has 0 aliphatic heterocycles. The predicted octanol–water partition coefficient (Wildman–Crippen LogP) is 5.47. The minimum atomic E-state index is -0.888. The number of methoxy groups -OCH3 is 1. The first-order valence-corrected chi connectivity index (χ1v) is 13.1. The summed E-state index contributed by atoms with van der Waals surface area (Å²) in [5, 5.41) is 5.76. The van der Waals surface area contributed by atoms with Crippen LogP contribution in [0.3, 0.4) is 0 Å². The fourth-order valence-electron chi connectivity index (χ4n) is 4.44. The number of benzene rings is 2. The molecule has 1 aliphatic carbocycles. The molecule has 1 aliphatic rings. The average molecular weight is 524 g/mol. The molecule has 4 atom stereocenters. The number of nitrogens with zero attached hydrogens (tertiary/aromatic N) is 1. The molecule has 3 rings (SSSR count). The number of aryl methyl sites for hydroxylation is 1. The topological polar surface area (TPSA) is 97.0 Å². The second-order valence-electron chi connectivity index (χ2n) is 11.4. The summed E-state index contributed by atoms with van der Waals surface area (Å²) < 4.78 is 10.7. The first-order chi connectivity index (χ1) is 17.8. The molecule has 206 valence electrons. The van der Waals surface area contributed by atoms with E-state index in [1.54, 1.807) is 57.0 Å². The van der Waals surface area contributed by atoms with Crippen molar-refractivity contribution < 1.29 is 23.9 Å². The molecule has 0 heterocycles. The number of carbonyl (C=O) groups is 3. The number of hydrogen-bond donors (Lipinski definition) is 2. The van der Waals surface area contributed by atoms with Crippen LogP contribution in [0.25, 0.3) is 0 Å². The van der Waals surface area contributed by atoms with Gasteiger partial charge in [-0.25, -0.2) is 4.79 Å². The molecule has 4 unspecified atom stereocenters. The Hall–Kier alpha value is -3.55. The second kappa shape index (κ2) is 11.9. The van der Waals surface area contributed by atoms with Crippen molar-refractivity contribution in [3.05, 3.63) is 59.7 Å². The number of ether oxygens (including phenoxy) is 2. The van der Waals surface area contributed by atoms with E-state index in [4.69, 9.17) is 9.47 Å². The number of nitrogens with one attached hydrogen (secondary N) is 2. The fraction of sp³-hybridized carbons (Fsp3) is 0.500. The predicted molar refractivity (Wildman–Crippen MR) is 148 cm³/mol. The van der Waals surface area contributed by atoms with Gasteiger partial charge in [-0.15, -0.1) is 0 Å². The number of carbonyl (C=O) groups excluding carboxylic acids is 3. The van der Waals surface area contributed by atoms with Gasteiger partial charge in [-0.2, -0.15) is 0 Å². The zero-order valence-electron chi connectivity index (χ0n) is 23.7. The van der Waals surface area contributed by atoms with E-state index < -0.39 is 23.8 Å². The van der Waals surface area contributed by atoms with Gasteiger partial charge in [0.15, 0.2) is 0 Å². The third-order valence-electron chi connectivity index (χ3n) is 6.53. The summed E-state index contributed by atoms with van der Waals surface area (Å²) in [6, 6.07) is 12.8. The molecular formula is C30H41N3O5. The summed E-state index contributed by atoms with van der Waals surface area (Å²) in [5.41, 5.74) is 1.58. The average Bonchev–Trinajstić information content (AvgIpc) is 3.55. The van der Waals surface area contributed by atoms with Crippen molar-refractivity contribution >= 4 is 23.6 Å². The quantitative estimate of drug-likeness (QED) is 0.454. The monoisotopic (exact) mass is 523 g/mol. The molecule has 0 spiro atoms. The van der Waals surface area contributed by atoms with E-state index in [0.717, 1.165) is 12.0 Å². The van der Waals surface area contributed by atoms with Crippen molar-refractivity contribution in [1.29, 1.82) is 0 Å². The molecule has 38 heavy (non-hydrogen) atoms. The van der Waals surface area contributed by atoms with Gasteiger partial charge in [0.2, 0.25) is 5.91 Å². The van der Waals surface area contributed by atoms with E-state index >= 15 is 0 Å². The van der Waals surface area contributed by atoms with E-state index in [2.05, 4.69) is 17.6 Å². The minimum absolute atomic E-state index is 0.128. The van der Waals surface area contributed by atoms with Crippen LogP contribution in [0, 0.1) is 18.8 Å². The number of alkyl carbamates (subject to hydrolysis) is 1. The minimum Gasteiger partial charge on any atom is -0.497 e. The molecule has 2 N–H and O–H groups in total. The van der Waals surface area contributed by atoms with Gasteiger partial charge in [0, 0.05) is 11.7 Å². The Kier molecular flexibility index (Phi) is 9.07. The summed E-state index contributed by atoms with van der Waals surface area (Å²) >= 11 is 0. The third-order valence-corrected chi connectivity index (χ3v) is 6.53. The zero-order valence-corrected chi connectivity index (χ0v) is 23.7. The lowest BCUT2D eigenvalue weighted by molar-refractivity contribution is -0.142. The largest absolute Gasteiger partial charge is 0.497 e. The summed E-state index contributed by atoms with van der Waals surface area (Å²) in [5.74, 6) is 0.0446. The van der Waals surface area contributed by atoms with Crippen molar-refractivity contribution in [2.75, 3.05) is 12.4 Å². The maximum atomic E-state index is 14.2. The van der Waals surface area contributed by atoms with Crippen molar-refractivity contribution in [3.8, 4) is 5.75 Å². The Bertz CT molecular complexity index is 1140. The van der Waals surface area contributed by atoms with Crippen LogP contribution in [0.15, 0.2) is 48.5 Å². The Labute approximate surface area is 226 Å². The van der Waals surface area contributed by atoms with E-state index in [-0.39, 0.29) is 29.7 Å². The number of amides is 3. The SMILES string of the molecule is COc1ccc(NC(=O)C(c2cccc(C)c2)N(C(=O)C(NC(=O)OC(C)(C)C)C(C)C)C2CC2C)cc1. The summed E-state index contributed by atoms with van der Waals surface area (Å²) in [4.78, 5) is 42.5. The molecule has 2 aromatic carbocycles. The Morgan fingerprint density at radius 1 is 1.05 bits per heavy atom. The van der Waals surface area contributed by atoms with Gasteiger partial charge in [-0.1, -0.05) is 50.6 Å². The van der Waals surface area contributed by atoms with Crippen molar-refractivity contribution in [2.24, 2.45) is 11.8 Å². The Balaban J connectivity index is 2.00. The van der Waals surface area contributed by atoms with Gasteiger partial charge >= 0.3 is 6.09 Å². The van der Waals surface area contributed by atoms with E-state index in [1.165, 1.54) is 0 Å². The molecule has 0 radical (unpaired) electrons. The standard InChI is InChI=1S/C30H41N3O5/c1-18(2)25(32-29(36)38-30(5,6)7)28(35)33(24-17-20(24)4)26(21-11-9-10-19(3)16-21)27(34)31-22-12-14-23(37-8)15-13-22/h9-16,18,20,24-26H,17H2,1-8H3,(H,31,34)(H,32,36). The molecular weight excluding hydrogens is 482 g/mol. The zero-order chi connectivity index (χ0) is 28.2. The molecule has 8 nitrogen and oxygen atoms in total. The highest BCUT2D eigenvalue weighted by Crippen LogP contribution is 2.41. The van der Waals surface area contributed by atoms with Crippen LogP contribution in [0.4, 0.5) is 10.5 Å². The van der Waals surface area contributed by atoms with Gasteiger partial charge in [-0.05, 0) is 75.8 Å². The van der Waals surface area contributed by atoms with Gasteiger partial charge in [0.1, 0.15) is 23.4 Å². The van der Waals surface area contributed by atoms with Crippen LogP contribution in [0.5, 0.6) is 5.75 Å². The lowest BCUT2D eigenvalue weighted by Crippen LogP contribution is -2.55.